The number of hydrogen-bond acceptors (Lipinski definition) is 4. The first kappa shape index (κ1) is 14.8. The van der Waals surface area contributed by atoms with Gasteiger partial charge in [0.2, 0.25) is 0 Å². The Morgan fingerprint density at radius 2 is 1.85 bits per heavy atom. The Bertz CT molecular complexity index is 309. The zero-order chi connectivity index (χ0) is 14.0. The van der Waals surface area contributed by atoms with Gasteiger partial charge in [0, 0.05) is 19.0 Å². The van der Waals surface area contributed by atoms with Crippen LogP contribution in [-0.2, 0) is 9.47 Å². The minimum atomic E-state index is -0.453. The summed E-state index contributed by atoms with van der Waals surface area (Å²) in [5.41, 5.74) is -0.453. The number of ether oxygens (including phenoxy) is 2. The van der Waals surface area contributed by atoms with E-state index in [2.05, 4.69) is 11.8 Å². The lowest BCUT2D eigenvalue weighted by molar-refractivity contribution is -0.110. The topological polar surface area (TPSA) is 41.9 Å². The van der Waals surface area contributed by atoms with E-state index < -0.39 is 5.60 Å². The fourth-order valence-electron chi connectivity index (χ4n) is 3.98. The molecule has 0 bridgehead atoms. The number of aliphatic hydroxyl groups is 1. The second-order valence-corrected chi connectivity index (χ2v) is 7.15. The van der Waals surface area contributed by atoms with Crippen LogP contribution >= 0.6 is 0 Å². The van der Waals surface area contributed by atoms with Crippen LogP contribution in [0.2, 0.25) is 0 Å². The Hall–Kier alpha value is -0.160. The number of hydrogen-bond donors (Lipinski definition) is 1. The van der Waals surface area contributed by atoms with Gasteiger partial charge in [-0.2, -0.15) is 0 Å². The second-order valence-electron chi connectivity index (χ2n) is 7.15. The summed E-state index contributed by atoms with van der Waals surface area (Å²) in [6.07, 6.45) is 6.65. The molecule has 3 aliphatic rings. The Labute approximate surface area is 122 Å². The molecule has 2 heterocycles. The minimum Gasteiger partial charge on any atom is -0.389 e. The molecule has 0 aromatic rings. The summed E-state index contributed by atoms with van der Waals surface area (Å²) in [6, 6.07) is 0. The van der Waals surface area contributed by atoms with Gasteiger partial charge < -0.3 is 19.5 Å². The Morgan fingerprint density at radius 1 is 1.15 bits per heavy atom. The Morgan fingerprint density at radius 3 is 2.55 bits per heavy atom. The van der Waals surface area contributed by atoms with Gasteiger partial charge in [-0.3, -0.25) is 0 Å². The molecule has 0 unspecified atom stereocenters. The first-order valence-corrected chi connectivity index (χ1v) is 8.33. The normalized spacial score (nSPS) is 41.1. The van der Waals surface area contributed by atoms with Crippen LogP contribution in [0.3, 0.4) is 0 Å². The fraction of sp³-hybridized carbons (Fsp3) is 1.00. The SMILES string of the molecule is CC1CCC(O)(CN2CCC[C@@H](C3OCCO3)C2)CC1. The predicted octanol–water partition coefficient (Wildman–Crippen LogP) is 2.01. The first-order chi connectivity index (χ1) is 9.65. The highest BCUT2D eigenvalue weighted by Crippen LogP contribution is 2.34. The summed E-state index contributed by atoms with van der Waals surface area (Å²) in [4.78, 5) is 2.44. The van der Waals surface area contributed by atoms with Crippen molar-refractivity contribution in [1.82, 2.24) is 4.90 Å². The molecule has 116 valence electrons. The predicted molar refractivity (Wildman–Crippen MR) is 77.4 cm³/mol. The van der Waals surface area contributed by atoms with Gasteiger partial charge in [-0.15, -0.1) is 0 Å². The molecule has 20 heavy (non-hydrogen) atoms. The van der Waals surface area contributed by atoms with Gasteiger partial charge in [0.1, 0.15) is 0 Å². The molecule has 4 nitrogen and oxygen atoms in total. The molecule has 1 N–H and O–H groups in total. The summed E-state index contributed by atoms with van der Waals surface area (Å²) >= 11 is 0. The molecule has 1 aliphatic carbocycles. The highest BCUT2D eigenvalue weighted by Gasteiger charge is 2.37. The molecule has 1 saturated carbocycles. The Balaban J connectivity index is 1.51. The third-order valence-electron chi connectivity index (χ3n) is 5.30. The quantitative estimate of drug-likeness (QED) is 0.860. The lowest BCUT2D eigenvalue weighted by Crippen LogP contribution is -2.50. The van der Waals surface area contributed by atoms with E-state index in [1.165, 1.54) is 25.7 Å². The van der Waals surface area contributed by atoms with Crippen molar-refractivity contribution in [3.8, 4) is 0 Å². The van der Waals surface area contributed by atoms with Gasteiger partial charge in [0.05, 0.1) is 18.8 Å². The molecule has 2 aliphatic heterocycles. The van der Waals surface area contributed by atoms with Crippen LogP contribution < -0.4 is 0 Å². The third kappa shape index (κ3) is 3.53. The average Bonchev–Trinajstić information content (AvgIpc) is 2.97. The van der Waals surface area contributed by atoms with Gasteiger partial charge >= 0.3 is 0 Å². The van der Waals surface area contributed by atoms with Gasteiger partial charge in [-0.05, 0) is 51.0 Å². The maximum absolute atomic E-state index is 10.8. The second kappa shape index (κ2) is 6.30. The first-order valence-electron chi connectivity index (χ1n) is 8.33. The summed E-state index contributed by atoms with van der Waals surface area (Å²) < 4.78 is 11.3. The Kier molecular flexibility index (Phi) is 4.65. The summed E-state index contributed by atoms with van der Waals surface area (Å²) in [6.45, 7) is 6.74. The van der Waals surface area contributed by atoms with E-state index in [1.54, 1.807) is 0 Å². The van der Waals surface area contributed by atoms with Crippen molar-refractivity contribution < 1.29 is 14.6 Å². The zero-order valence-electron chi connectivity index (χ0n) is 12.7. The molecule has 0 radical (unpaired) electrons. The lowest BCUT2D eigenvalue weighted by atomic mass is 9.79. The minimum absolute atomic E-state index is 0.00109. The van der Waals surface area contributed by atoms with Crippen molar-refractivity contribution in [2.75, 3.05) is 32.8 Å². The van der Waals surface area contributed by atoms with Gasteiger partial charge in [-0.1, -0.05) is 6.92 Å². The van der Waals surface area contributed by atoms with Crippen molar-refractivity contribution in [2.45, 2.75) is 57.3 Å². The molecule has 3 fully saturated rings. The fourth-order valence-corrected chi connectivity index (χ4v) is 3.98. The van der Waals surface area contributed by atoms with Crippen LogP contribution in [0.1, 0.15) is 45.4 Å². The van der Waals surface area contributed by atoms with Crippen molar-refractivity contribution in [3.05, 3.63) is 0 Å². The van der Waals surface area contributed by atoms with Crippen LogP contribution in [0, 0.1) is 11.8 Å². The van der Waals surface area contributed by atoms with E-state index in [4.69, 9.17) is 9.47 Å². The van der Waals surface area contributed by atoms with E-state index in [9.17, 15) is 5.11 Å². The van der Waals surface area contributed by atoms with Crippen molar-refractivity contribution in [2.24, 2.45) is 11.8 Å². The van der Waals surface area contributed by atoms with Crippen molar-refractivity contribution in [3.63, 3.8) is 0 Å². The molecule has 0 aromatic carbocycles. The number of rotatable bonds is 3. The molecule has 0 amide bonds. The molecular weight excluding hydrogens is 254 g/mol. The highest BCUT2D eigenvalue weighted by molar-refractivity contribution is 4.89. The molecule has 0 aromatic heterocycles. The molecule has 3 rings (SSSR count). The van der Waals surface area contributed by atoms with Crippen LogP contribution in [0.25, 0.3) is 0 Å². The maximum Gasteiger partial charge on any atom is 0.161 e. The summed E-state index contributed by atoms with van der Waals surface area (Å²) in [5, 5.41) is 10.8. The standard InChI is InChI=1S/C16H29NO3/c1-13-4-6-16(18,7-5-13)12-17-8-2-3-14(11-17)15-19-9-10-20-15/h13-15,18H,2-12H2,1H3/t13?,14-,16?/m1/s1. The number of piperidine rings is 1. The maximum atomic E-state index is 10.8. The van der Waals surface area contributed by atoms with E-state index in [0.29, 0.717) is 5.92 Å². The highest BCUT2D eigenvalue weighted by atomic mass is 16.7. The van der Waals surface area contributed by atoms with Gasteiger partial charge in [0.15, 0.2) is 6.29 Å². The summed E-state index contributed by atoms with van der Waals surface area (Å²) in [7, 11) is 0. The summed E-state index contributed by atoms with van der Waals surface area (Å²) in [5.74, 6) is 1.27. The van der Waals surface area contributed by atoms with Crippen molar-refractivity contribution >= 4 is 0 Å². The molecule has 1 atom stereocenters. The average molecular weight is 283 g/mol. The third-order valence-corrected chi connectivity index (χ3v) is 5.30. The van der Waals surface area contributed by atoms with E-state index in [1.807, 2.05) is 0 Å². The molecule has 4 heteroatoms. The van der Waals surface area contributed by atoms with E-state index in [-0.39, 0.29) is 6.29 Å². The van der Waals surface area contributed by atoms with Crippen LogP contribution in [0.5, 0.6) is 0 Å². The van der Waals surface area contributed by atoms with Crippen LogP contribution in [0.4, 0.5) is 0 Å². The molecule has 2 saturated heterocycles. The van der Waals surface area contributed by atoms with Crippen LogP contribution in [0.15, 0.2) is 0 Å². The zero-order valence-corrected chi connectivity index (χ0v) is 12.7. The lowest BCUT2D eigenvalue weighted by Gasteiger charge is -2.42. The smallest absolute Gasteiger partial charge is 0.161 e. The monoisotopic (exact) mass is 283 g/mol. The van der Waals surface area contributed by atoms with E-state index in [0.717, 1.165) is 51.6 Å². The largest absolute Gasteiger partial charge is 0.389 e. The number of likely N-dealkylation sites (tertiary alicyclic amines) is 1. The van der Waals surface area contributed by atoms with Gasteiger partial charge in [-0.25, -0.2) is 0 Å². The molecular formula is C16H29NO3. The molecule has 0 spiro atoms. The van der Waals surface area contributed by atoms with Crippen LogP contribution in [-0.4, -0.2) is 54.7 Å². The van der Waals surface area contributed by atoms with Crippen molar-refractivity contribution in [1.29, 1.82) is 0 Å². The number of nitrogens with zero attached hydrogens (tertiary/aromatic N) is 1. The number of β-amino-alcohol motifs (C(OH)–C–C–N with tert-alkyl or cyclic N) is 1. The van der Waals surface area contributed by atoms with E-state index >= 15 is 0 Å². The van der Waals surface area contributed by atoms with Gasteiger partial charge in [0.25, 0.3) is 0 Å².